The fourth-order valence-corrected chi connectivity index (χ4v) is 7.77. The molecule has 1 N–H and O–H groups in total. The smallest absolute Gasteiger partial charge is 0.0769 e. The molecule has 0 bridgehead atoms. The van der Waals surface area contributed by atoms with E-state index in [9.17, 15) is 0 Å². The molecule has 6 aromatic carbocycles. The minimum atomic E-state index is 0.0622. The molecule has 226 valence electrons. The molecule has 0 saturated carbocycles. The molecule has 0 fully saturated rings. The van der Waals surface area contributed by atoms with Gasteiger partial charge in [0.2, 0.25) is 0 Å². The second-order valence-corrected chi connectivity index (χ2v) is 12.5. The van der Waals surface area contributed by atoms with Gasteiger partial charge in [0.05, 0.1) is 28.6 Å². The van der Waals surface area contributed by atoms with Crippen LogP contribution in [0.15, 0.2) is 164 Å². The summed E-state index contributed by atoms with van der Waals surface area (Å²) in [5.74, 6) is 0. The Morgan fingerprint density at radius 2 is 1.42 bits per heavy atom. The predicted octanol–water partition coefficient (Wildman–Crippen LogP) is 11.0. The van der Waals surface area contributed by atoms with Crippen LogP contribution in [0.25, 0.3) is 55.8 Å². The molecule has 0 spiro atoms. The Morgan fingerprint density at radius 1 is 0.604 bits per heavy atom. The Kier molecular flexibility index (Phi) is 5.90. The van der Waals surface area contributed by atoms with E-state index in [2.05, 4.69) is 173 Å². The van der Waals surface area contributed by atoms with E-state index in [1.54, 1.807) is 0 Å². The number of pyridine rings is 1. The maximum Gasteiger partial charge on any atom is 0.0769 e. The lowest BCUT2D eigenvalue weighted by atomic mass is 9.92. The molecule has 4 heterocycles. The van der Waals surface area contributed by atoms with Crippen LogP contribution in [0.1, 0.15) is 22.7 Å². The molecule has 4 heteroatoms. The Balaban J connectivity index is 1.26. The number of anilines is 3. The zero-order valence-electron chi connectivity index (χ0n) is 26.1. The van der Waals surface area contributed by atoms with Crippen LogP contribution in [0.4, 0.5) is 17.1 Å². The number of nitrogens with one attached hydrogen (secondary N) is 1. The Hall–Kier alpha value is -6.39. The summed E-state index contributed by atoms with van der Waals surface area (Å²) in [6.45, 7) is 0. The number of nitrogens with zero attached hydrogens (tertiary/aromatic N) is 3. The number of rotatable bonds is 3. The molecule has 48 heavy (non-hydrogen) atoms. The molecule has 2 aliphatic rings. The normalized spacial score (nSPS) is 14.5. The number of hydrogen-bond donors (Lipinski definition) is 1. The molecular weight excluding hydrogens is 585 g/mol. The van der Waals surface area contributed by atoms with Crippen molar-refractivity contribution < 1.29 is 0 Å². The highest BCUT2D eigenvalue weighted by Crippen LogP contribution is 2.54. The maximum absolute atomic E-state index is 4.71. The summed E-state index contributed by atoms with van der Waals surface area (Å²) < 4.78 is 2.46. The fourth-order valence-electron chi connectivity index (χ4n) is 7.77. The van der Waals surface area contributed by atoms with Crippen molar-refractivity contribution >= 4 is 44.8 Å². The van der Waals surface area contributed by atoms with Crippen LogP contribution < -0.4 is 10.2 Å². The Morgan fingerprint density at radius 3 is 2.40 bits per heavy atom. The van der Waals surface area contributed by atoms with Crippen molar-refractivity contribution in [3.8, 4) is 28.1 Å². The first-order valence-corrected chi connectivity index (χ1v) is 16.4. The van der Waals surface area contributed by atoms with Crippen LogP contribution >= 0.6 is 0 Å². The van der Waals surface area contributed by atoms with Crippen molar-refractivity contribution in [2.75, 3.05) is 4.90 Å². The van der Waals surface area contributed by atoms with Crippen molar-refractivity contribution in [2.45, 2.75) is 6.04 Å². The third-order valence-corrected chi connectivity index (χ3v) is 9.87. The fraction of sp³-hybridized carbons (Fsp3) is 0.0227. The first-order chi connectivity index (χ1) is 23.8. The van der Waals surface area contributed by atoms with Crippen molar-refractivity contribution in [2.24, 2.45) is 0 Å². The van der Waals surface area contributed by atoms with E-state index in [4.69, 9.17) is 4.98 Å². The molecule has 4 nitrogen and oxygen atoms in total. The molecule has 0 aliphatic carbocycles. The summed E-state index contributed by atoms with van der Waals surface area (Å²) in [6.07, 6.45) is 8.17. The lowest BCUT2D eigenvalue weighted by molar-refractivity contribution is 0.720. The van der Waals surface area contributed by atoms with Crippen LogP contribution in [0.5, 0.6) is 0 Å². The van der Waals surface area contributed by atoms with Gasteiger partial charge in [-0.3, -0.25) is 4.98 Å². The average Bonchev–Trinajstić information content (AvgIpc) is 3.44. The zero-order valence-corrected chi connectivity index (χ0v) is 26.1. The standard InChI is InChI=1S/C44H30N4/c1-2-12-31-26-34(21-20-29(31)10-1)47-40-19-8-6-17-37(40)44-42(38-28-45-24-23-41(38)47)36-16-5-7-18-39(36)48(44)33-14-9-13-32(27-33)43-35-15-4-3-11-30(35)22-25-46-43/h1-28,43,46H. The third kappa shape index (κ3) is 3.99. The molecule has 8 aromatic rings. The molecule has 2 aromatic heterocycles. The van der Waals surface area contributed by atoms with Crippen LogP contribution in [-0.2, 0) is 0 Å². The van der Waals surface area contributed by atoms with Gasteiger partial charge in [-0.2, -0.15) is 0 Å². The molecule has 1 atom stereocenters. The van der Waals surface area contributed by atoms with Gasteiger partial charge in [-0.25, -0.2) is 0 Å². The third-order valence-electron chi connectivity index (χ3n) is 9.87. The van der Waals surface area contributed by atoms with Gasteiger partial charge in [0, 0.05) is 45.8 Å². The van der Waals surface area contributed by atoms with Gasteiger partial charge in [-0.05, 0) is 82.2 Å². The summed E-state index contributed by atoms with van der Waals surface area (Å²) >= 11 is 0. The minimum absolute atomic E-state index is 0.0622. The number of benzene rings is 6. The van der Waals surface area contributed by atoms with Crippen molar-refractivity contribution in [3.63, 3.8) is 0 Å². The lowest BCUT2D eigenvalue weighted by Gasteiger charge is -2.27. The van der Waals surface area contributed by atoms with Gasteiger partial charge >= 0.3 is 0 Å². The van der Waals surface area contributed by atoms with Gasteiger partial charge in [-0.1, -0.05) is 103 Å². The van der Waals surface area contributed by atoms with E-state index < -0.39 is 0 Å². The van der Waals surface area contributed by atoms with Gasteiger partial charge in [0.25, 0.3) is 0 Å². The molecule has 0 amide bonds. The van der Waals surface area contributed by atoms with E-state index in [1.807, 2.05) is 12.4 Å². The summed E-state index contributed by atoms with van der Waals surface area (Å²) in [5, 5.41) is 7.27. The Labute approximate surface area is 278 Å². The van der Waals surface area contributed by atoms with Crippen molar-refractivity contribution in [1.82, 2.24) is 14.9 Å². The second-order valence-electron chi connectivity index (χ2n) is 12.5. The molecular formula is C44H30N4. The first kappa shape index (κ1) is 26.8. The highest BCUT2D eigenvalue weighted by molar-refractivity contribution is 6.13. The summed E-state index contributed by atoms with van der Waals surface area (Å²) in [4.78, 5) is 7.12. The number of hydrogen-bond acceptors (Lipinski definition) is 3. The topological polar surface area (TPSA) is 33.1 Å². The molecule has 10 rings (SSSR count). The molecule has 0 radical (unpaired) electrons. The SMILES string of the molecule is C1=Cc2ccccc2C(c2cccc(-n3c4c(c5ccccc53)-c3cnccc3N(c3ccc5ccccc5c3)c3ccccc3-4)c2)N1. The van der Waals surface area contributed by atoms with Gasteiger partial charge in [0.15, 0.2) is 0 Å². The number of para-hydroxylation sites is 2. The first-order valence-electron chi connectivity index (χ1n) is 16.4. The van der Waals surface area contributed by atoms with Crippen LogP contribution in [0, 0.1) is 0 Å². The maximum atomic E-state index is 4.71. The molecule has 2 aliphatic heterocycles. The monoisotopic (exact) mass is 614 g/mol. The summed E-state index contributed by atoms with van der Waals surface area (Å²) in [5.41, 5.74) is 14.0. The van der Waals surface area contributed by atoms with Crippen LogP contribution in [0.3, 0.4) is 0 Å². The lowest BCUT2D eigenvalue weighted by Crippen LogP contribution is -2.20. The molecule has 1 unspecified atom stereocenters. The molecule has 0 saturated heterocycles. The van der Waals surface area contributed by atoms with Gasteiger partial charge in [-0.15, -0.1) is 0 Å². The Bertz CT molecular complexity index is 2570. The van der Waals surface area contributed by atoms with Crippen LogP contribution in [0.2, 0.25) is 0 Å². The summed E-state index contributed by atoms with van der Waals surface area (Å²) in [6, 6.07) is 52.8. The van der Waals surface area contributed by atoms with Crippen LogP contribution in [-0.4, -0.2) is 9.55 Å². The van der Waals surface area contributed by atoms with Gasteiger partial charge < -0.3 is 14.8 Å². The number of fused-ring (bicyclic) bond motifs is 9. The van der Waals surface area contributed by atoms with E-state index in [0.717, 1.165) is 28.3 Å². The van der Waals surface area contributed by atoms with Crippen molar-refractivity contribution in [1.29, 1.82) is 0 Å². The zero-order chi connectivity index (χ0) is 31.6. The van der Waals surface area contributed by atoms with E-state index in [0.29, 0.717) is 0 Å². The predicted molar refractivity (Wildman–Crippen MR) is 198 cm³/mol. The largest absolute Gasteiger partial charge is 0.380 e. The average molecular weight is 615 g/mol. The second kappa shape index (κ2) is 10.6. The quantitative estimate of drug-likeness (QED) is 0.215. The van der Waals surface area contributed by atoms with E-state index in [1.165, 1.54) is 55.2 Å². The minimum Gasteiger partial charge on any atom is -0.380 e. The highest BCUT2D eigenvalue weighted by Gasteiger charge is 2.31. The van der Waals surface area contributed by atoms with Gasteiger partial charge in [0.1, 0.15) is 0 Å². The van der Waals surface area contributed by atoms with E-state index in [-0.39, 0.29) is 6.04 Å². The number of aromatic nitrogens is 2. The van der Waals surface area contributed by atoms with E-state index >= 15 is 0 Å². The summed E-state index contributed by atoms with van der Waals surface area (Å²) in [7, 11) is 0. The van der Waals surface area contributed by atoms with Crippen molar-refractivity contribution in [3.05, 3.63) is 181 Å². The highest BCUT2D eigenvalue weighted by atomic mass is 15.2.